The van der Waals surface area contributed by atoms with Gasteiger partial charge in [-0.25, -0.2) is 10.2 Å². The van der Waals surface area contributed by atoms with Crippen molar-refractivity contribution in [2.24, 2.45) is 5.50 Å². The first-order valence-electron chi connectivity index (χ1n) is 7.06. The number of nitrogens with two attached hydrogens (primary N) is 1. The summed E-state index contributed by atoms with van der Waals surface area (Å²) in [6, 6.07) is 7.84. The van der Waals surface area contributed by atoms with E-state index in [1.54, 1.807) is 6.08 Å². The second-order valence-electron chi connectivity index (χ2n) is 4.92. The van der Waals surface area contributed by atoms with Gasteiger partial charge in [0.05, 0.1) is 6.10 Å². The molecule has 0 saturated heterocycles. The molecule has 0 aliphatic heterocycles. The Morgan fingerprint density at radius 3 is 2.32 bits per heavy atom. The summed E-state index contributed by atoms with van der Waals surface area (Å²) < 4.78 is 20.0. The summed E-state index contributed by atoms with van der Waals surface area (Å²) in [5.74, 6) is 0.607. The van der Waals surface area contributed by atoms with Crippen molar-refractivity contribution in [3.8, 4) is 0 Å². The van der Waals surface area contributed by atoms with Crippen molar-refractivity contribution >= 4 is 30.9 Å². The maximum atomic E-state index is 12.7. The van der Waals surface area contributed by atoms with Crippen molar-refractivity contribution < 1.29 is 9.09 Å². The average Bonchev–Trinajstić information content (AvgIpc) is 2.47. The molecule has 0 amide bonds. The number of alkyl halides is 2. The first-order chi connectivity index (χ1) is 10.4. The van der Waals surface area contributed by atoms with Crippen molar-refractivity contribution in [2.45, 2.75) is 19.4 Å². The Balaban J connectivity index is 2.94. The molecule has 0 saturated carbocycles. The summed E-state index contributed by atoms with van der Waals surface area (Å²) >= 11 is 11.5. The van der Waals surface area contributed by atoms with E-state index >= 15 is 0 Å². The van der Waals surface area contributed by atoms with Crippen LogP contribution in [0.3, 0.4) is 0 Å². The summed E-state index contributed by atoms with van der Waals surface area (Å²) in [7, 11) is -3.48. The van der Waals surface area contributed by atoms with Gasteiger partial charge in [0, 0.05) is 24.8 Å². The first-order valence-corrected chi connectivity index (χ1v) is 9.78. The third-order valence-electron chi connectivity index (χ3n) is 3.19. The molecule has 2 unspecified atom stereocenters. The van der Waals surface area contributed by atoms with Crippen LogP contribution in [-0.4, -0.2) is 29.5 Å². The molecule has 0 bridgehead atoms. The molecule has 7 heteroatoms. The maximum Gasteiger partial charge on any atom is 0.341 e. The zero-order valence-electron chi connectivity index (χ0n) is 12.8. The van der Waals surface area contributed by atoms with Gasteiger partial charge in [0.15, 0.2) is 0 Å². The monoisotopic (exact) mass is 364 g/mol. The third-order valence-corrected chi connectivity index (χ3v) is 5.27. The number of nitrogens with zero attached hydrogens (tertiary/aromatic N) is 1. The van der Waals surface area contributed by atoms with Gasteiger partial charge in [0.1, 0.15) is 0 Å². The molecule has 0 aliphatic carbocycles. The van der Waals surface area contributed by atoms with Gasteiger partial charge in [-0.2, -0.15) is 0 Å². The predicted octanol–water partition coefficient (Wildman–Crippen LogP) is 4.48. The van der Waals surface area contributed by atoms with Gasteiger partial charge < -0.3 is 0 Å². The molecular weight excluding hydrogens is 342 g/mol. The Morgan fingerprint density at radius 1 is 1.32 bits per heavy atom. The van der Waals surface area contributed by atoms with Gasteiger partial charge in [-0.15, -0.1) is 29.8 Å². The lowest BCUT2D eigenvalue weighted by Gasteiger charge is -2.30. The molecule has 0 fully saturated rings. The fourth-order valence-electron chi connectivity index (χ4n) is 2.01. The highest BCUT2D eigenvalue weighted by atomic mass is 35.5. The molecule has 0 aromatic heterocycles. The number of hydrogen-bond donors (Lipinski definition) is 1. The van der Waals surface area contributed by atoms with Crippen LogP contribution in [0, 0.1) is 6.92 Å². The minimum absolute atomic E-state index is 0.304. The number of rotatable bonds is 10. The van der Waals surface area contributed by atoms with Crippen molar-refractivity contribution in [3.63, 3.8) is 0 Å². The lowest BCUT2D eigenvalue weighted by Crippen LogP contribution is -2.30. The Morgan fingerprint density at radius 2 is 1.86 bits per heavy atom. The second kappa shape index (κ2) is 9.71. The van der Waals surface area contributed by atoms with Gasteiger partial charge in [-0.05, 0) is 18.9 Å². The van der Waals surface area contributed by atoms with Crippen LogP contribution in [0.5, 0.6) is 0 Å². The summed E-state index contributed by atoms with van der Waals surface area (Å²) in [5, 5.41) is 0. The summed E-state index contributed by atoms with van der Waals surface area (Å²) in [4.78, 5) is 0. The lowest BCUT2D eigenvalue weighted by molar-refractivity contribution is 0.184. The van der Waals surface area contributed by atoms with Crippen LogP contribution in [0.15, 0.2) is 36.9 Å². The number of hydrogen-bond acceptors (Lipinski definition) is 2. The molecule has 4 nitrogen and oxygen atoms in total. The highest BCUT2D eigenvalue weighted by Gasteiger charge is 2.30. The summed E-state index contributed by atoms with van der Waals surface area (Å²) in [6.45, 7) is 6.44. The van der Waals surface area contributed by atoms with E-state index in [4.69, 9.17) is 33.2 Å². The third kappa shape index (κ3) is 6.04. The Labute approximate surface area is 142 Å². The van der Waals surface area contributed by atoms with Crippen molar-refractivity contribution in [2.75, 3.05) is 24.8 Å². The molecule has 1 aromatic rings. The van der Waals surface area contributed by atoms with Crippen LogP contribution >= 0.6 is 30.9 Å². The fourth-order valence-corrected chi connectivity index (χ4v) is 4.11. The van der Waals surface area contributed by atoms with Crippen LogP contribution in [0.25, 0.3) is 0 Å². The molecule has 1 rings (SSSR count). The first kappa shape index (κ1) is 19.7. The smallest absolute Gasteiger partial charge is 0.298 e. The minimum Gasteiger partial charge on any atom is -0.298 e. The predicted molar refractivity (Wildman–Crippen MR) is 94.6 cm³/mol. The topological polar surface area (TPSA) is 55.6 Å². The van der Waals surface area contributed by atoms with Crippen LogP contribution in [0.1, 0.15) is 23.7 Å². The molecular formula is C15H23Cl2N2O2P. The van der Waals surface area contributed by atoms with Gasteiger partial charge in [-0.3, -0.25) is 9.09 Å². The zero-order chi connectivity index (χ0) is 16.6. The molecule has 0 radical (unpaired) electrons. The van der Waals surface area contributed by atoms with Crippen LogP contribution < -0.4 is 5.50 Å². The Kier molecular flexibility index (Phi) is 8.70. The Hall–Kier alpha value is -0.350. The molecule has 1 aromatic carbocycles. The van der Waals surface area contributed by atoms with E-state index in [-0.39, 0.29) is 0 Å². The van der Waals surface area contributed by atoms with E-state index in [0.29, 0.717) is 31.3 Å². The molecule has 0 heterocycles. The van der Waals surface area contributed by atoms with Gasteiger partial charge in [-0.1, -0.05) is 35.9 Å². The molecule has 2 atom stereocenters. The van der Waals surface area contributed by atoms with Crippen molar-refractivity contribution in [3.05, 3.63) is 48.0 Å². The number of halogens is 2. The van der Waals surface area contributed by atoms with Crippen molar-refractivity contribution in [1.82, 2.24) is 4.67 Å². The zero-order valence-corrected chi connectivity index (χ0v) is 15.2. The van der Waals surface area contributed by atoms with E-state index in [1.807, 2.05) is 31.2 Å². The van der Waals surface area contributed by atoms with E-state index in [2.05, 4.69) is 6.58 Å². The van der Waals surface area contributed by atoms with Crippen LogP contribution in [0.2, 0.25) is 0 Å². The SMILES string of the molecule is C=CCC(OP(N)(=O)N(CCCl)CCCl)c1ccc(C)cc1. The quantitative estimate of drug-likeness (QED) is 0.378. The second-order valence-corrected chi connectivity index (χ2v) is 7.59. The summed E-state index contributed by atoms with van der Waals surface area (Å²) in [6.07, 6.45) is 1.82. The van der Waals surface area contributed by atoms with Gasteiger partial charge in [0.25, 0.3) is 0 Å². The Bertz CT molecular complexity index is 505. The van der Waals surface area contributed by atoms with Crippen LogP contribution in [-0.2, 0) is 9.09 Å². The standard InChI is InChI=1S/C15H23Cl2N2O2P/c1-3-4-15(14-7-5-13(2)6-8-14)21-22(18,20)19(11-9-16)12-10-17/h3,5-8,15H,1,4,9-12H2,2H3,(H2,18,20). The molecule has 0 aliphatic rings. The summed E-state index contributed by atoms with van der Waals surface area (Å²) in [5.41, 5.74) is 7.99. The minimum atomic E-state index is -3.48. The normalized spacial score (nSPS) is 15.5. The average molecular weight is 365 g/mol. The largest absolute Gasteiger partial charge is 0.341 e. The van der Waals surface area contributed by atoms with Crippen LogP contribution in [0.4, 0.5) is 0 Å². The van der Waals surface area contributed by atoms with E-state index in [9.17, 15) is 4.57 Å². The maximum absolute atomic E-state index is 12.7. The fraction of sp³-hybridized carbons (Fsp3) is 0.467. The number of benzene rings is 1. The molecule has 2 N–H and O–H groups in total. The van der Waals surface area contributed by atoms with E-state index < -0.39 is 13.8 Å². The number of aryl methyl sites for hydroxylation is 1. The van der Waals surface area contributed by atoms with Gasteiger partial charge in [0.2, 0.25) is 0 Å². The molecule has 22 heavy (non-hydrogen) atoms. The van der Waals surface area contributed by atoms with E-state index in [0.717, 1.165) is 11.1 Å². The molecule has 0 spiro atoms. The molecule has 124 valence electrons. The van der Waals surface area contributed by atoms with E-state index in [1.165, 1.54) is 4.67 Å². The highest BCUT2D eigenvalue weighted by molar-refractivity contribution is 7.53. The van der Waals surface area contributed by atoms with Crippen molar-refractivity contribution in [1.29, 1.82) is 0 Å². The van der Waals surface area contributed by atoms with Gasteiger partial charge >= 0.3 is 7.67 Å². The lowest BCUT2D eigenvalue weighted by atomic mass is 10.1. The highest BCUT2D eigenvalue weighted by Crippen LogP contribution is 2.47.